The first-order valence-electron chi connectivity index (χ1n) is 10.2. The molecule has 2 atom stereocenters. The fourth-order valence-corrected chi connectivity index (χ4v) is 4.72. The Balaban J connectivity index is 1.44. The number of carbonyl (C=O) groups excluding carboxylic acids is 1. The van der Waals surface area contributed by atoms with Gasteiger partial charge >= 0.3 is 6.03 Å². The number of morpholine rings is 1. The summed E-state index contributed by atoms with van der Waals surface area (Å²) in [7, 11) is 3.70. The van der Waals surface area contributed by atoms with Crippen LogP contribution in [0.5, 0.6) is 0 Å². The van der Waals surface area contributed by atoms with Crippen LogP contribution in [0.1, 0.15) is 18.4 Å². The lowest BCUT2D eigenvalue weighted by atomic mass is 9.94. The number of carbonyl (C=O) groups is 1. The van der Waals surface area contributed by atoms with Gasteiger partial charge < -0.3 is 19.4 Å². The third-order valence-corrected chi connectivity index (χ3v) is 6.15. The molecule has 0 radical (unpaired) electrons. The van der Waals surface area contributed by atoms with E-state index in [1.165, 1.54) is 24.1 Å². The van der Waals surface area contributed by atoms with Gasteiger partial charge in [-0.2, -0.15) is 0 Å². The zero-order valence-corrected chi connectivity index (χ0v) is 16.6. The standard InChI is InChI=1S/C21H32N4O2/c1-22(2)21(26)25-15-18-6-7-20(16-25)24(14-18)13-17-4-3-5-19(12-17)23-8-10-27-11-9-23/h3-5,12,18,20H,6-11,13-16H2,1-2H3/t18-,20-/m1/s1. The maximum absolute atomic E-state index is 12.5. The van der Waals surface area contributed by atoms with Crippen LogP contribution in [-0.4, -0.2) is 86.8 Å². The number of urea groups is 1. The van der Waals surface area contributed by atoms with E-state index in [-0.39, 0.29) is 6.03 Å². The first-order chi connectivity index (χ1) is 13.1. The smallest absolute Gasteiger partial charge is 0.319 e. The Morgan fingerprint density at radius 3 is 2.74 bits per heavy atom. The Labute approximate surface area is 162 Å². The van der Waals surface area contributed by atoms with Gasteiger partial charge in [-0.05, 0) is 36.5 Å². The zero-order chi connectivity index (χ0) is 18.8. The number of rotatable bonds is 3. The molecule has 0 saturated carbocycles. The number of amides is 2. The van der Waals surface area contributed by atoms with Gasteiger partial charge in [-0.15, -0.1) is 0 Å². The van der Waals surface area contributed by atoms with E-state index in [1.807, 2.05) is 14.1 Å². The van der Waals surface area contributed by atoms with E-state index in [0.29, 0.717) is 12.0 Å². The number of hydrogen-bond donors (Lipinski definition) is 0. The molecule has 1 aromatic carbocycles. The highest BCUT2D eigenvalue weighted by molar-refractivity contribution is 5.74. The molecule has 4 fully saturated rings. The highest BCUT2D eigenvalue weighted by Gasteiger charge is 2.36. The third kappa shape index (κ3) is 4.22. The number of piperidine rings is 1. The number of ether oxygens (including phenoxy) is 1. The zero-order valence-electron chi connectivity index (χ0n) is 16.6. The summed E-state index contributed by atoms with van der Waals surface area (Å²) < 4.78 is 5.48. The topological polar surface area (TPSA) is 39.3 Å². The van der Waals surface area contributed by atoms with E-state index in [4.69, 9.17) is 4.74 Å². The Kier molecular flexibility index (Phi) is 5.55. The van der Waals surface area contributed by atoms with Crippen molar-refractivity contribution in [3.05, 3.63) is 29.8 Å². The van der Waals surface area contributed by atoms with Crippen LogP contribution in [0.4, 0.5) is 10.5 Å². The van der Waals surface area contributed by atoms with Crippen LogP contribution >= 0.6 is 0 Å². The highest BCUT2D eigenvalue weighted by atomic mass is 16.5. The predicted molar refractivity (Wildman–Crippen MR) is 107 cm³/mol. The van der Waals surface area contributed by atoms with Crippen LogP contribution in [0.2, 0.25) is 0 Å². The van der Waals surface area contributed by atoms with Crippen molar-refractivity contribution in [1.29, 1.82) is 0 Å². The van der Waals surface area contributed by atoms with Crippen LogP contribution in [0.3, 0.4) is 0 Å². The molecule has 4 heterocycles. The monoisotopic (exact) mass is 372 g/mol. The van der Waals surface area contributed by atoms with Crippen molar-refractivity contribution in [2.24, 2.45) is 5.92 Å². The van der Waals surface area contributed by atoms with Gasteiger partial charge in [-0.3, -0.25) is 4.90 Å². The second kappa shape index (κ2) is 8.07. The van der Waals surface area contributed by atoms with E-state index in [1.54, 1.807) is 4.90 Å². The van der Waals surface area contributed by atoms with Crippen LogP contribution in [0.25, 0.3) is 0 Å². The Morgan fingerprint density at radius 1 is 1.15 bits per heavy atom. The molecule has 4 saturated heterocycles. The molecule has 2 bridgehead atoms. The minimum atomic E-state index is 0.156. The fraction of sp³-hybridized carbons (Fsp3) is 0.667. The van der Waals surface area contributed by atoms with Gasteiger partial charge in [0.05, 0.1) is 13.2 Å². The average Bonchev–Trinajstić information content (AvgIpc) is 3.00. The maximum Gasteiger partial charge on any atom is 0.319 e. The van der Waals surface area contributed by atoms with Crippen LogP contribution in [0, 0.1) is 5.92 Å². The second-order valence-corrected chi connectivity index (χ2v) is 8.38. The number of fused-ring (bicyclic) bond motifs is 4. The quantitative estimate of drug-likeness (QED) is 0.815. The van der Waals surface area contributed by atoms with Crippen molar-refractivity contribution < 1.29 is 9.53 Å². The van der Waals surface area contributed by atoms with Crippen molar-refractivity contribution in [2.45, 2.75) is 25.4 Å². The molecule has 5 rings (SSSR count). The van der Waals surface area contributed by atoms with Crippen molar-refractivity contribution in [3.8, 4) is 0 Å². The Morgan fingerprint density at radius 2 is 1.96 bits per heavy atom. The molecule has 0 spiro atoms. The summed E-state index contributed by atoms with van der Waals surface area (Å²) in [5.74, 6) is 0.593. The third-order valence-electron chi connectivity index (χ3n) is 6.15. The predicted octanol–water partition coefficient (Wildman–Crippen LogP) is 2.10. The normalized spacial score (nSPS) is 26.1. The first-order valence-corrected chi connectivity index (χ1v) is 10.2. The lowest BCUT2D eigenvalue weighted by molar-refractivity contribution is 0.121. The molecule has 0 unspecified atom stereocenters. The Bertz CT molecular complexity index is 659. The van der Waals surface area contributed by atoms with E-state index in [2.05, 4.69) is 39.0 Å². The molecular weight excluding hydrogens is 340 g/mol. The van der Waals surface area contributed by atoms with E-state index in [0.717, 1.165) is 52.5 Å². The molecule has 1 aromatic rings. The van der Waals surface area contributed by atoms with E-state index < -0.39 is 0 Å². The molecular formula is C21H32N4O2. The molecule has 2 amide bonds. The summed E-state index contributed by atoms with van der Waals surface area (Å²) in [4.78, 5) is 21.3. The first kappa shape index (κ1) is 18.6. The fourth-order valence-electron chi connectivity index (χ4n) is 4.72. The van der Waals surface area contributed by atoms with Crippen molar-refractivity contribution >= 4 is 11.7 Å². The van der Waals surface area contributed by atoms with Crippen molar-refractivity contribution in [3.63, 3.8) is 0 Å². The second-order valence-electron chi connectivity index (χ2n) is 8.38. The molecule has 6 nitrogen and oxygen atoms in total. The summed E-state index contributed by atoms with van der Waals surface area (Å²) in [5.41, 5.74) is 2.68. The molecule has 0 N–H and O–H groups in total. The van der Waals surface area contributed by atoms with Crippen molar-refractivity contribution in [2.75, 3.05) is 64.9 Å². The van der Waals surface area contributed by atoms with Crippen molar-refractivity contribution in [1.82, 2.24) is 14.7 Å². The molecule has 148 valence electrons. The maximum atomic E-state index is 12.5. The molecule has 27 heavy (non-hydrogen) atoms. The van der Waals surface area contributed by atoms with Crippen LogP contribution < -0.4 is 4.90 Å². The molecule has 4 aliphatic heterocycles. The van der Waals surface area contributed by atoms with Gasteiger partial charge in [0, 0.05) is 65.1 Å². The summed E-state index contributed by atoms with van der Waals surface area (Å²) in [6, 6.07) is 9.60. The number of hydrogen-bond acceptors (Lipinski definition) is 4. The highest BCUT2D eigenvalue weighted by Crippen LogP contribution is 2.30. The Hall–Kier alpha value is -1.79. The van der Waals surface area contributed by atoms with Crippen LogP contribution in [0.15, 0.2) is 24.3 Å². The van der Waals surface area contributed by atoms with Gasteiger partial charge in [-0.25, -0.2) is 4.79 Å². The van der Waals surface area contributed by atoms with Crippen LogP contribution in [-0.2, 0) is 11.3 Å². The lowest BCUT2D eigenvalue weighted by Crippen LogP contribution is -2.45. The van der Waals surface area contributed by atoms with Gasteiger partial charge in [0.1, 0.15) is 0 Å². The van der Waals surface area contributed by atoms with Gasteiger partial charge in [0.2, 0.25) is 0 Å². The molecule has 0 aliphatic carbocycles. The van der Waals surface area contributed by atoms with E-state index in [9.17, 15) is 4.79 Å². The number of anilines is 1. The largest absolute Gasteiger partial charge is 0.378 e. The minimum Gasteiger partial charge on any atom is -0.378 e. The molecule has 4 aliphatic rings. The number of nitrogens with zero attached hydrogens (tertiary/aromatic N) is 4. The molecule has 0 aromatic heterocycles. The molecule has 6 heteroatoms. The SMILES string of the molecule is CN(C)C(=O)N1C[C@@H]2CC[C@H](C1)N(Cc1cccc(N3CCOCC3)c1)C2. The summed E-state index contributed by atoms with van der Waals surface area (Å²) in [6.45, 7) is 7.41. The summed E-state index contributed by atoms with van der Waals surface area (Å²) in [6.07, 6.45) is 2.44. The minimum absolute atomic E-state index is 0.156. The van der Waals surface area contributed by atoms with Gasteiger partial charge in [-0.1, -0.05) is 12.1 Å². The van der Waals surface area contributed by atoms with E-state index >= 15 is 0 Å². The summed E-state index contributed by atoms with van der Waals surface area (Å²) in [5, 5.41) is 0. The lowest BCUT2D eigenvalue weighted by Gasteiger charge is -2.36. The average molecular weight is 373 g/mol. The number of benzene rings is 1. The van der Waals surface area contributed by atoms with Gasteiger partial charge in [0.15, 0.2) is 0 Å². The van der Waals surface area contributed by atoms with Gasteiger partial charge in [0.25, 0.3) is 0 Å². The summed E-state index contributed by atoms with van der Waals surface area (Å²) >= 11 is 0.